The monoisotopic (exact) mass is 378 g/mol. The molecule has 0 N–H and O–H groups in total. The standard InChI is InChI=1S/C21H18N2Se/c1-15-21(16(2)23(22-15)18-11-4-3-5-12-18)24-20-14-8-10-17-9-6-7-13-19(17)20/h3-14H,1-2H3. The quantitative estimate of drug-likeness (QED) is 0.501. The van der Waals surface area contributed by atoms with E-state index in [1.165, 1.54) is 25.4 Å². The summed E-state index contributed by atoms with van der Waals surface area (Å²) in [5.74, 6) is 0. The Hall–Kier alpha value is -2.35. The fourth-order valence-corrected chi connectivity index (χ4v) is 5.27. The van der Waals surface area contributed by atoms with Crippen LogP contribution in [0, 0.1) is 13.8 Å². The number of para-hydroxylation sites is 1. The van der Waals surface area contributed by atoms with E-state index >= 15 is 0 Å². The molecule has 0 saturated heterocycles. The molecule has 1 aromatic heterocycles. The Kier molecular flexibility index (Phi) is 3.97. The maximum absolute atomic E-state index is 4.79. The third-order valence-corrected chi connectivity index (χ3v) is 7.06. The van der Waals surface area contributed by atoms with E-state index in [4.69, 9.17) is 5.10 Å². The van der Waals surface area contributed by atoms with Gasteiger partial charge in [-0.2, -0.15) is 0 Å². The van der Waals surface area contributed by atoms with Gasteiger partial charge < -0.3 is 0 Å². The second kappa shape index (κ2) is 6.27. The minimum atomic E-state index is 0.238. The zero-order valence-electron chi connectivity index (χ0n) is 13.7. The summed E-state index contributed by atoms with van der Waals surface area (Å²) >= 11 is 0.238. The molecule has 0 amide bonds. The van der Waals surface area contributed by atoms with E-state index in [1.54, 1.807) is 0 Å². The minimum absolute atomic E-state index is 0.238. The summed E-state index contributed by atoms with van der Waals surface area (Å²) in [7, 11) is 0. The van der Waals surface area contributed by atoms with Crippen LogP contribution in [-0.4, -0.2) is 24.7 Å². The van der Waals surface area contributed by atoms with Gasteiger partial charge in [0, 0.05) is 0 Å². The van der Waals surface area contributed by atoms with Crippen LogP contribution in [-0.2, 0) is 0 Å². The molecule has 0 atom stereocenters. The fourth-order valence-electron chi connectivity index (χ4n) is 2.99. The van der Waals surface area contributed by atoms with Gasteiger partial charge >= 0.3 is 148 Å². The van der Waals surface area contributed by atoms with Crippen LogP contribution in [0.25, 0.3) is 16.5 Å². The first-order valence-electron chi connectivity index (χ1n) is 8.01. The first kappa shape index (κ1) is 15.2. The van der Waals surface area contributed by atoms with Crippen LogP contribution in [0.4, 0.5) is 0 Å². The van der Waals surface area contributed by atoms with Crippen molar-refractivity contribution >= 4 is 34.7 Å². The normalized spacial score (nSPS) is 11.1. The molecule has 0 bridgehead atoms. The molecule has 0 fully saturated rings. The second-order valence-electron chi connectivity index (χ2n) is 5.83. The number of aryl methyl sites for hydroxylation is 1. The van der Waals surface area contributed by atoms with E-state index in [0.29, 0.717) is 0 Å². The third-order valence-electron chi connectivity index (χ3n) is 4.19. The van der Waals surface area contributed by atoms with E-state index < -0.39 is 0 Å². The number of nitrogens with zero attached hydrogens (tertiary/aromatic N) is 2. The predicted octanol–water partition coefficient (Wildman–Crippen LogP) is 3.30. The summed E-state index contributed by atoms with van der Waals surface area (Å²) < 4.78 is 4.86. The first-order valence-corrected chi connectivity index (χ1v) is 9.72. The number of aromatic nitrogens is 2. The van der Waals surface area contributed by atoms with Crippen molar-refractivity contribution < 1.29 is 0 Å². The van der Waals surface area contributed by atoms with Gasteiger partial charge in [-0.25, -0.2) is 0 Å². The van der Waals surface area contributed by atoms with Gasteiger partial charge in [0.1, 0.15) is 0 Å². The van der Waals surface area contributed by atoms with Gasteiger partial charge in [0.15, 0.2) is 0 Å². The summed E-state index contributed by atoms with van der Waals surface area (Å²) in [6.45, 7) is 4.30. The average molecular weight is 377 g/mol. The Labute approximate surface area is 148 Å². The molecule has 4 rings (SSSR count). The van der Waals surface area contributed by atoms with Crippen molar-refractivity contribution in [1.29, 1.82) is 0 Å². The topological polar surface area (TPSA) is 17.8 Å². The zero-order chi connectivity index (χ0) is 16.5. The molecule has 3 aromatic carbocycles. The summed E-state index contributed by atoms with van der Waals surface area (Å²) in [6, 6.07) is 25.6. The van der Waals surface area contributed by atoms with Crippen LogP contribution in [0.15, 0.2) is 72.8 Å². The number of hydrogen-bond acceptors (Lipinski definition) is 1. The number of rotatable bonds is 3. The van der Waals surface area contributed by atoms with E-state index in [0.717, 1.165) is 11.4 Å². The van der Waals surface area contributed by atoms with E-state index in [-0.39, 0.29) is 15.0 Å². The molecule has 0 radical (unpaired) electrons. The van der Waals surface area contributed by atoms with Crippen molar-refractivity contribution in [2.24, 2.45) is 0 Å². The van der Waals surface area contributed by atoms with Crippen molar-refractivity contribution in [3.63, 3.8) is 0 Å². The summed E-state index contributed by atoms with van der Waals surface area (Å²) in [4.78, 5) is 0. The van der Waals surface area contributed by atoms with Gasteiger partial charge in [0.25, 0.3) is 0 Å². The average Bonchev–Trinajstić information content (AvgIpc) is 2.91. The Morgan fingerprint density at radius 3 is 2.33 bits per heavy atom. The molecule has 0 aliphatic rings. The molecule has 0 aliphatic carbocycles. The summed E-state index contributed by atoms with van der Waals surface area (Å²) in [6.07, 6.45) is 0. The van der Waals surface area contributed by atoms with Crippen LogP contribution in [0.5, 0.6) is 0 Å². The van der Waals surface area contributed by atoms with Gasteiger partial charge in [-0.3, -0.25) is 0 Å². The molecule has 0 unspecified atom stereocenters. The Bertz CT molecular complexity index is 998. The molecule has 3 heteroatoms. The predicted molar refractivity (Wildman–Crippen MR) is 102 cm³/mol. The van der Waals surface area contributed by atoms with Crippen molar-refractivity contribution in [3.8, 4) is 5.69 Å². The van der Waals surface area contributed by atoms with Crippen molar-refractivity contribution in [2.75, 3.05) is 0 Å². The van der Waals surface area contributed by atoms with Crippen LogP contribution < -0.4 is 8.92 Å². The number of benzene rings is 3. The van der Waals surface area contributed by atoms with Crippen LogP contribution >= 0.6 is 0 Å². The van der Waals surface area contributed by atoms with Crippen molar-refractivity contribution in [3.05, 3.63) is 84.2 Å². The number of fused-ring (bicyclic) bond motifs is 1. The second-order valence-corrected chi connectivity index (χ2v) is 8.03. The van der Waals surface area contributed by atoms with Crippen LogP contribution in [0.1, 0.15) is 11.4 Å². The Balaban J connectivity index is 1.79. The molecule has 0 aliphatic heterocycles. The van der Waals surface area contributed by atoms with Gasteiger partial charge in [-0.1, -0.05) is 0 Å². The van der Waals surface area contributed by atoms with Gasteiger partial charge in [0.05, 0.1) is 0 Å². The van der Waals surface area contributed by atoms with Gasteiger partial charge in [0.2, 0.25) is 0 Å². The van der Waals surface area contributed by atoms with Crippen LogP contribution in [0.2, 0.25) is 0 Å². The number of hydrogen-bond donors (Lipinski definition) is 0. The SMILES string of the molecule is Cc1nn(-c2ccccc2)c(C)c1[Se]c1cccc2ccccc12. The van der Waals surface area contributed by atoms with Crippen LogP contribution in [0.3, 0.4) is 0 Å². The molecule has 1 heterocycles. The van der Waals surface area contributed by atoms with Crippen molar-refractivity contribution in [2.45, 2.75) is 13.8 Å². The van der Waals surface area contributed by atoms with Gasteiger partial charge in [-0.05, 0) is 0 Å². The molecule has 4 aromatic rings. The third kappa shape index (κ3) is 2.66. The van der Waals surface area contributed by atoms with E-state index in [1.807, 2.05) is 6.07 Å². The van der Waals surface area contributed by atoms with E-state index in [9.17, 15) is 0 Å². The molecule has 0 saturated carbocycles. The maximum atomic E-state index is 4.79. The van der Waals surface area contributed by atoms with Gasteiger partial charge in [-0.15, -0.1) is 0 Å². The first-order chi connectivity index (χ1) is 11.7. The Morgan fingerprint density at radius 1 is 0.792 bits per heavy atom. The molecular formula is C21H18N2Se. The molecule has 118 valence electrons. The van der Waals surface area contributed by atoms with Crippen molar-refractivity contribution in [1.82, 2.24) is 9.78 Å². The molecule has 2 nitrogen and oxygen atoms in total. The molecular weight excluding hydrogens is 359 g/mol. The zero-order valence-corrected chi connectivity index (χ0v) is 15.4. The van der Waals surface area contributed by atoms with E-state index in [2.05, 4.69) is 85.3 Å². The summed E-state index contributed by atoms with van der Waals surface area (Å²) in [5.41, 5.74) is 3.49. The Morgan fingerprint density at radius 2 is 1.50 bits per heavy atom. The molecule has 0 spiro atoms. The fraction of sp³-hybridized carbons (Fsp3) is 0.0952. The summed E-state index contributed by atoms with van der Waals surface area (Å²) in [5, 5.41) is 7.45. The molecule has 24 heavy (non-hydrogen) atoms.